The van der Waals surface area contributed by atoms with E-state index >= 15 is 0 Å². The molecule has 0 unspecified atom stereocenters. The first kappa shape index (κ1) is 37.1. The van der Waals surface area contributed by atoms with Crippen molar-refractivity contribution >= 4 is 35.2 Å². The van der Waals surface area contributed by atoms with Crippen molar-refractivity contribution in [2.75, 3.05) is 13.7 Å². The smallest absolute Gasteiger partial charge is 0.347 e. The van der Waals surface area contributed by atoms with E-state index < -0.39 is 35.5 Å². The maximum atomic E-state index is 13.6. The lowest BCUT2D eigenvalue weighted by Crippen LogP contribution is -2.45. The highest BCUT2D eigenvalue weighted by atomic mass is 35.5. The predicted molar refractivity (Wildman–Crippen MR) is 183 cm³/mol. The molecule has 48 heavy (non-hydrogen) atoms. The summed E-state index contributed by atoms with van der Waals surface area (Å²) in [5, 5.41) is 3.24. The number of carbonyl (C=O) groups excluding carboxylic acids is 4. The van der Waals surface area contributed by atoms with Crippen LogP contribution in [-0.4, -0.2) is 55.6 Å². The van der Waals surface area contributed by atoms with Crippen molar-refractivity contribution in [1.29, 1.82) is 0 Å². The van der Waals surface area contributed by atoms with Crippen molar-refractivity contribution < 1.29 is 38.1 Å². The van der Waals surface area contributed by atoms with Crippen LogP contribution in [0.25, 0.3) is 0 Å². The predicted octanol–water partition coefficient (Wildman–Crippen LogP) is 6.52. The molecular weight excluding hydrogens is 634 g/mol. The average Bonchev–Trinajstić information content (AvgIpc) is 3.83. The quantitative estimate of drug-likeness (QED) is 0.247. The number of cyclic esters (lactones) is 2. The first-order valence-corrected chi connectivity index (χ1v) is 17.0. The van der Waals surface area contributed by atoms with Crippen LogP contribution in [0.15, 0.2) is 54.6 Å². The summed E-state index contributed by atoms with van der Waals surface area (Å²) in [5.74, 6) is -2.35. The highest BCUT2D eigenvalue weighted by Crippen LogP contribution is 2.45. The first-order chi connectivity index (χ1) is 22.7. The van der Waals surface area contributed by atoms with E-state index in [0.717, 1.165) is 16.7 Å². The SMILES string of the molecule is COc1ccc(C[C@H]2CC(=O)/C=C/C[C@@H]([C@H](C)[C@H]3O[C@@H]3c3ccc(C)cc3)OC(=O)[C@H](CC(C)C)OC(=O)C(C)(C)CNC2=O)cc1Cl. The number of rotatable bonds is 8. The van der Waals surface area contributed by atoms with E-state index in [2.05, 4.69) is 5.32 Å². The molecule has 0 bridgehead atoms. The molecule has 4 rings (SSSR count). The molecule has 0 radical (unpaired) electrons. The number of hydrogen-bond acceptors (Lipinski definition) is 8. The molecule has 0 aromatic heterocycles. The highest BCUT2D eigenvalue weighted by molar-refractivity contribution is 6.32. The summed E-state index contributed by atoms with van der Waals surface area (Å²) in [6.45, 7) is 11.1. The van der Waals surface area contributed by atoms with Crippen LogP contribution in [0.4, 0.5) is 0 Å². The molecule has 0 spiro atoms. The van der Waals surface area contributed by atoms with Gasteiger partial charge in [-0.25, -0.2) is 4.79 Å². The van der Waals surface area contributed by atoms with E-state index in [1.54, 1.807) is 38.1 Å². The molecule has 1 N–H and O–H groups in total. The lowest BCUT2D eigenvalue weighted by atomic mass is 9.90. The van der Waals surface area contributed by atoms with Gasteiger partial charge in [0.05, 0.1) is 23.7 Å². The number of aryl methyl sites for hydroxylation is 1. The molecule has 260 valence electrons. The molecule has 2 aliphatic heterocycles. The van der Waals surface area contributed by atoms with Gasteiger partial charge in [0.15, 0.2) is 11.9 Å². The van der Waals surface area contributed by atoms with Crippen molar-refractivity contribution in [3.8, 4) is 5.75 Å². The topological polar surface area (TPSA) is 121 Å². The number of amides is 1. The zero-order valence-corrected chi connectivity index (χ0v) is 29.7. The molecule has 2 aromatic carbocycles. The normalized spacial score (nSPS) is 26.6. The van der Waals surface area contributed by atoms with Crippen LogP contribution < -0.4 is 10.1 Å². The largest absolute Gasteiger partial charge is 0.495 e. The zero-order valence-electron chi connectivity index (χ0n) is 28.9. The minimum absolute atomic E-state index is 0.0297. The number of esters is 2. The second-order valence-electron chi connectivity index (χ2n) is 14.1. The van der Waals surface area contributed by atoms with E-state index in [-0.39, 0.29) is 68.0 Å². The third kappa shape index (κ3) is 9.92. The molecule has 9 nitrogen and oxygen atoms in total. The minimum Gasteiger partial charge on any atom is -0.495 e. The monoisotopic (exact) mass is 681 g/mol. The van der Waals surface area contributed by atoms with Crippen molar-refractivity contribution in [1.82, 2.24) is 5.32 Å². The number of carbonyl (C=O) groups is 4. The van der Waals surface area contributed by atoms with E-state index in [1.165, 1.54) is 13.2 Å². The fourth-order valence-corrected chi connectivity index (χ4v) is 6.09. The van der Waals surface area contributed by atoms with Gasteiger partial charge in [-0.1, -0.05) is 74.3 Å². The Labute approximate surface area is 288 Å². The molecular formula is C38H48ClNO8. The summed E-state index contributed by atoms with van der Waals surface area (Å²) < 4.78 is 23.2. The molecule has 2 heterocycles. The van der Waals surface area contributed by atoms with Gasteiger partial charge in [0.25, 0.3) is 0 Å². The zero-order chi connectivity index (χ0) is 35.2. The van der Waals surface area contributed by atoms with E-state index in [4.69, 9.17) is 30.5 Å². The Balaban J connectivity index is 1.61. The number of hydrogen-bond donors (Lipinski definition) is 1. The van der Waals surface area contributed by atoms with E-state index in [9.17, 15) is 19.2 Å². The second kappa shape index (κ2) is 16.1. The fourth-order valence-electron chi connectivity index (χ4n) is 5.81. The molecule has 10 heteroatoms. The van der Waals surface area contributed by atoms with Gasteiger partial charge in [-0.2, -0.15) is 0 Å². The molecule has 1 fully saturated rings. The van der Waals surface area contributed by atoms with Gasteiger partial charge >= 0.3 is 11.9 Å². The van der Waals surface area contributed by atoms with Crippen molar-refractivity contribution in [2.24, 2.45) is 23.2 Å². The third-order valence-corrected chi connectivity index (χ3v) is 9.24. The molecule has 0 aliphatic carbocycles. The second-order valence-corrected chi connectivity index (χ2v) is 14.5. The highest BCUT2D eigenvalue weighted by Gasteiger charge is 2.48. The summed E-state index contributed by atoms with van der Waals surface area (Å²) in [7, 11) is 1.52. The third-order valence-electron chi connectivity index (χ3n) is 8.95. The first-order valence-electron chi connectivity index (χ1n) is 16.6. The molecule has 2 aromatic rings. The lowest BCUT2D eigenvalue weighted by molar-refractivity contribution is -0.179. The molecule has 1 amide bonds. The number of ketones is 1. The number of epoxide rings is 1. The van der Waals surface area contributed by atoms with Crippen molar-refractivity contribution in [3.63, 3.8) is 0 Å². The number of nitrogens with one attached hydrogen (secondary N) is 1. The summed E-state index contributed by atoms with van der Waals surface area (Å²) in [5.41, 5.74) is 1.78. The number of halogens is 1. The Bertz CT molecular complexity index is 1500. The van der Waals surface area contributed by atoms with Crippen LogP contribution in [0.1, 0.15) is 76.7 Å². The number of allylic oxidation sites excluding steroid dienone is 1. The molecule has 2 aliphatic rings. The van der Waals surface area contributed by atoms with Gasteiger partial charge in [-0.3, -0.25) is 14.4 Å². The fraction of sp³-hybridized carbons (Fsp3) is 0.526. The number of ether oxygens (including phenoxy) is 4. The summed E-state index contributed by atoms with van der Waals surface area (Å²) in [6, 6.07) is 13.4. The number of benzene rings is 2. The Kier molecular flexibility index (Phi) is 12.5. The van der Waals surface area contributed by atoms with Crippen molar-refractivity contribution in [2.45, 2.75) is 91.6 Å². The maximum Gasteiger partial charge on any atom is 0.347 e. The Morgan fingerprint density at radius 1 is 1.02 bits per heavy atom. The van der Waals surface area contributed by atoms with Crippen LogP contribution in [0.2, 0.25) is 5.02 Å². The molecule has 0 saturated carbocycles. The van der Waals surface area contributed by atoms with Gasteiger partial charge < -0.3 is 24.3 Å². The van der Waals surface area contributed by atoms with Crippen LogP contribution in [0.3, 0.4) is 0 Å². The standard InChI is InChI=1S/C38H48ClNO8/c1-22(2)17-32-36(43)46-30(24(4)33-34(48-33)26-14-11-23(3)12-15-26)10-8-9-28(41)20-27(18-25-13-16-31(45-7)29(39)19-25)35(42)40-21-38(5,6)37(44)47-32/h8-9,11-16,19,22,24,27,30,32-34H,10,17-18,20-21H2,1-7H3,(H,40,42)/b9-8+/t24-,27-,30-,32-,33+,34+/m0/s1. The van der Waals surface area contributed by atoms with Gasteiger partial charge in [0, 0.05) is 31.2 Å². The molecule has 1 saturated heterocycles. The number of methoxy groups -OCH3 is 1. The summed E-state index contributed by atoms with van der Waals surface area (Å²) in [4.78, 5) is 53.9. The average molecular weight is 682 g/mol. The summed E-state index contributed by atoms with van der Waals surface area (Å²) in [6.07, 6.45) is 1.66. The Morgan fingerprint density at radius 2 is 1.73 bits per heavy atom. The van der Waals surface area contributed by atoms with Gasteiger partial charge in [0.1, 0.15) is 18.0 Å². The van der Waals surface area contributed by atoms with Crippen LogP contribution >= 0.6 is 11.6 Å². The van der Waals surface area contributed by atoms with Crippen LogP contribution in [0, 0.1) is 30.1 Å². The molecule has 6 atom stereocenters. The minimum atomic E-state index is -1.17. The Hall–Kier alpha value is -3.69. The van der Waals surface area contributed by atoms with E-state index in [0.29, 0.717) is 10.8 Å². The summed E-state index contributed by atoms with van der Waals surface area (Å²) >= 11 is 6.34. The van der Waals surface area contributed by atoms with E-state index in [1.807, 2.05) is 52.0 Å². The van der Waals surface area contributed by atoms with Gasteiger partial charge in [-0.15, -0.1) is 0 Å². The van der Waals surface area contributed by atoms with Crippen molar-refractivity contribution in [3.05, 3.63) is 76.3 Å². The maximum absolute atomic E-state index is 13.6. The van der Waals surface area contributed by atoms with Gasteiger partial charge in [-0.05, 0) is 68.9 Å². The van der Waals surface area contributed by atoms with Crippen LogP contribution in [-0.2, 0) is 39.8 Å². The van der Waals surface area contributed by atoms with Crippen LogP contribution in [0.5, 0.6) is 5.75 Å². The lowest BCUT2D eigenvalue weighted by Gasteiger charge is -2.29. The Morgan fingerprint density at radius 3 is 2.38 bits per heavy atom. The van der Waals surface area contributed by atoms with Gasteiger partial charge in [0.2, 0.25) is 5.91 Å².